The molecule has 31 heavy (non-hydrogen) atoms. The zero-order valence-electron chi connectivity index (χ0n) is 18.3. The van der Waals surface area contributed by atoms with Crippen molar-refractivity contribution in [3.63, 3.8) is 0 Å². The molecule has 0 saturated carbocycles. The Morgan fingerprint density at radius 1 is 1.06 bits per heavy atom. The van der Waals surface area contributed by atoms with Gasteiger partial charge in [-0.3, -0.25) is 0 Å². The Morgan fingerprint density at radius 3 is 2.45 bits per heavy atom. The molecular formula is C23H27ClN4O3. The van der Waals surface area contributed by atoms with Gasteiger partial charge in [-0.05, 0) is 36.4 Å². The Balaban J connectivity index is 1.77. The van der Waals surface area contributed by atoms with Crippen molar-refractivity contribution < 1.29 is 14.3 Å². The number of hydrogen-bond donors (Lipinski definition) is 2. The van der Waals surface area contributed by atoms with Gasteiger partial charge < -0.3 is 20.1 Å². The predicted molar refractivity (Wildman–Crippen MR) is 123 cm³/mol. The summed E-state index contributed by atoms with van der Waals surface area (Å²) >= 11 is 6.17. The number of amides is 2. The van der Waals surface area contributed by atoms with Crippen molar-refractivity contribution in [1.82, 2.24) is 15.1 Å². The molecule has 1 heterocycles. The lowest BCUT2D eigenvalue weighted by Gasteiger charge is -2.14. The van der Waals surface area contributed by atoms with Crippen molar-refractivity contribution in [2.24, 2.45) is 0 Å². The number of rotatable bonds is 6. The maximum absolute atomic E-state index is 12.5. The van der Waals surface area contributed by atoms with E-state index in [1.54, 1.807) is 32.4 Å². The Hall–Kier alpha value is -3.19. The lowest BCUT2D eigenvalue weighted by Crippen LogP contribution is -2.29. The summed E-state index contributed by atoms with van der Waals surface area (Å²) in [6.07, 6.45) is 0. The van der Waals surface area contributed by atoms with Gasteiger partial charge in [0.2, 0.25) is 0 Å². The van der Waals surface area contributed by atoms with Gasteiger partial charge in [0.05, 0.1) is 37.8 Å². The maximum Gasteiger partial charge on any atom is 0.319 e. The normalized spacial score (nSPS) is 11.2. The minimum atomic E-state index is -0.344. The molecular weight excluding hydrogens is 416 g/mol. The standard InChI is InChI=1S/C23H27ClN4O3/c1-23(2,3)21-13-18(28(27-21)17-8-6-7-15(24)11-17)14-25-22(29)26-16-9-10-19(30-4)20(12-16)31-5/h6-13H,14H2,1-5H3,(H2,25,26,29). The zero-order valence-corrected chi connectivity index (χ0v) is 19.1. The Labute approximate surface area is 187 Å². The number of methoxy groups -OCH3 is 2. The van der Waals surface area contributed by atoms with Crippen LogP contribution in [0.15, 0.2) is 48.5 Å². The highest BCUT2D eigenvalue weighted by atomic mass is 35.5. The van der Waals surface area contributed by atoms with Crippen LogP contribution in [0.4, 0.5) is 10.5 Å². The van der Waals surface area contributed by atoms with Crippen molar-refractivity contribution in [3.8, 4) is 17.2 Å². The van der Waals surface area contributed by atoms with Crippen molar-refractivity contribution in [1.29, 1.82) is 0 Å². The molecule has 2 aromatic carbocycles. The fourth-order valence-corrected chi connectivity index (χ4v) is 3.19. The van der Waals surface area contributed by atoms with Gasteiger partial charge in [0.25, 0.3) is 0 Å². The SMILES string of the molecule is COc1ccc(NC(=O)NCc2cc(C(C)(C)C)nn2-c2cccc(Cl)c2)cc1OC. The highest BCUT2D eigenvalue weighted by Crippen LogP contribution is 2.29. The van der Waals surface area contributed by atoms with Crippen molar-refractivity contribution in [2.75, 3.05) is 19.5 Å². The van der Waals surface area contributed by atoms with E-state index in [9.17, 15) is 4.79 Å². The van der Waals surface area contributed by atoms with Gasteiger partial charge >= 0.3 is 6.03 Å². The number of aromatic nitrogens is 2. The van der Waals surface area contributed by atoms with Crippen LogP contribution < -0.4 is 20.1 Å². The molecule has 3 aromatic rings. The largest absolute Gasteiger partial charge is 0.493 e. The number of ether oxygens (including phenoxy) is 2. The predicted octanol–water partition coefficient (Wildman–Crippen LogP) is 5.16. The molecule has 7 nitrogen and oxygen atoms in total. The van der Waals surface area contributed by atoms with Crippen LogP contribution in [0.5, 0.6) is 11.5 Å². The first-order chi connectivity index (χ1) is 14.7. The quantitative estimate of drug-likeness (QED) is 0.552. The van der Waals surface area contributed by atoms with Crippen LogP contribution in [0, 0.1) is 0 Å². The molecule has 2 amide bonds. The number of carbonyl (C=O) groups is 1. The molecule has 2 N–H and O–H groups in total. The molecule has 164 valence electrons. The van der Waals surface area contributed by atoms with Gasteiger partial charge in [0, 0.05) is 22.2 Å². The molecule has 0 aliphatic heterocycles. The summed E-state index contributed by atoms with van der Waals surface area (Å²) < 4.78 is 12.3. The van der Waals surface area contributed by atoms with E-state index in [0.717, 1.165) is 17.1 Å². The second kappa shape index (κ2) is 9.31. The van der Waals surface area contributed by atoms with Crippen LogP contribution in [-0.2, 0) is 12.0 Å². The van der Waals surface area contributed by atoms with Crippen LogP contribution in [0.3, 0.4) is 0 Å². The van der Waals surface area contributed by atoms with Crippen LogP contribution >= 0.6 is 11.6 Å². The highest BCUT2D eigenvalue weighted by molar-refractivity contribution is 6.30. The Morgan fingerprint density at radius 2 is 1.81 bits per heavy atom. The van der Waals surface area contributed by atoms with E-state index >= 15 is 0 Å². The van der Waals surface area contributed by atoms with Gasteiger partial charge in [-0.1, -0.05) is 38.4 Å². The number of nitrogens with one attached hydrogen (secondary N) is 2. The lowest BCUT2D eigenvalue weighted by atomic mass is 9.92. The van der Waals surface area contributed by atoms with Gasteiger partial charge in [0.15, 0.2) is 11.5 Å². The molecule has 0 atom stereocenters. The third kappa shape index (κ3) is 5.49. The van der Waals surface area contributed by atoms with Gasteiger partial charge in [-0.2, -0.15) is 5.10 Å². The van der Waals surface area contributed by atoms with Crippen LogP contribution in [0.25, 0.3) is 5.69 Å². The molecule has 0 aliphatic carbocycles. The van der Waals surface area contributed by atoms with Crippen LogP contribution in [0.2, 0.25) is 5.02 Å². The van der Waals surface area contributed by atoms with E-state index in [2.05, 4.69) is 31.4 Å². The number of benzene rings is 2. The molecule has 8 heteroatoms. The van der Waals surface area contributed by atoms with Crippen molar-refractivity contribution in [3.05, 3.63) is 64.9 Å². The summed E-state index contributed by atoms with van der Waals surface area (Å²) in [5, 5.41) is 11.1. The summed E-state index contributed by atoms with van der Waals surface area (Å²) in [6, 6.07) is 14.3. The molecule has 0 bridgehead atoms. The molecule has 0 saturated heterocycles. The van der Waals surface area contributed by atoms with Gasteiger partial charge in [0.1, 0.15) is 0 Å². The number of nitrogens with zero attached hydrogens (tertiary/aromatic N) is 2. The first kappa shape index (κ1) is 22.5. The minimum absolute atomic E-state index is 0.138. The van der Waals surface area contributed by atoms with Crippen LogP contribution in [-0.4, -0.2) is 30.0 Å². The second-order valence-electron chi connectivity index (χ2n) is 8.04. The van der Waals surface area contributed by atoms with E-state index in [-0.39, 0.29) is 18.0 Å². The summed E-state index contributed by atoms with van der Waals surface area (Å²) in [6.45, 7) is 6.57. The first-order valence-electron chi connectivity index (χ1n) is 9.83. The van der Waals surface area contributed by atoms with Gasteiger partial charge in [-0.15, -0.1) is 0 Å². The summed E-state index contributed by atoms with van der Waals surface area (Å²) in [7, 11) is 3.11. The molecule has 1 aromatic heterocycles. The summed E-state index contributed by atoms with van der Waals surface area (Å²) in [5.41, 5.74) is 3.05. The zero-order chi connectivity index (χ0) is 22.6. The van der Waals surface area contributed by atoms with Crippen LogP contribution in [0.1, 0.15) is 32.2 Å². The topological polar surface area (TPSA) is 77.4 Å². The Kier molecular flexibility index (Phi) is 6.75. The average molecular weight is 443 g/mol. The van der Waals surface area contributed by atoms with Crippen molar-refractivity contribution >= 4 is 23.3 Å². The van der Waals surface area contributed by atoms with E-state index < -0.39 is 0 Å². The number of urea groups is 1. The fraction of sp³-hybridized carbons (Fsp3) is 0.304. The molecule has 0 fully saturated rings. The molecule has 0 spiro atoms. The third-order valence-electron chi connectivity index (χ3n) is 4.68. The second-order valence-corrected chi connectivity index (χ2v) is 8.48. The molecule has 3 rings (SSSR count). The first-order valence-corrected chi connectivity index (χ1v) is 10.2. The van der Waals surface area contributed by atoms with E-state index in [0.29, 0.717) is 22.2 Å². The number of halogens is 1. The fourth-order valence-electron chi connectivity index (χ4n) is 3.00. The van der Waals surface area contributed by atoms with Crippen molar-refractivity contribution in [2.45, 2.75) is 32.7 Å². The molecule has 0 unspecified atom stereocenters. The summed E-state index contributed by atoms with van der Waals surface area (Å²) in [5.74, 6) is 1.13. The lowest BCUT2D eigenvalue weighted by molar-refractivity contribution is 0.251. The van der Waals surface area contributed by atoms with E-state index in [1.807, 2.05) is 35.0 Å². The average Bonchev–Trinajstić information content (AvgIpc) is 3.17. The summed E-state index contributed by atoms with van der Waals surface area (Å²) in [4.78, 5) is 12.5. The monoisotopic (exact) mass is 442 g/mol. The third-order valence-corrected chi connectivity index (χ3v) is 4.91. The Bertz CT molecular complexity index is 1070. The van der Waals surface area contributed by atoms with E-state index in [4.69, 9.17) is 26.2 Å². The molecule has 0 aliphatic rings. The maximum atomic E-state index is 12.5. The van der Waals surface area contributed by atoms with Gasteiger partial charge in [-0.25, -0.2) is 9.48 Å². The van der Waals surface area contributed by atoms with E-state index in [1.165, 1.54) is 0 Å². The highest BCUT2D eigenvalue weighted by Gasteiger charge is 2.21. The molecule has 0 radical (unpaired) electrons. The number of carbonyl (C=O) groups excluding carboxylic acids is 1. The number of anilines is 1. The minimum Gasteiger partial charge on any atom is -0.493 e. The number of hydrogen-bond acceptors (Lipinski definition) is 4. The smallest absolute Gasteiger partial charge is 0.319 e.